The molecule has 0 rings (SSSR count). The molecular formula is C65H112O6. The maximum absolute atomic E-state index is 12.9. The highest BCUT2D eigenvalue weighted by Gasteiger charge is 2.19. The Kier molecular flexibility index (Phi) is 56.3. The molecule has 0 bridgehead atoms. The summed E-state index contributed by atoms with van der Waals surface area (Å²) in [5.41, 5.74) is 0. The average molecular weight is 990 g/mol. The van der Waals surface area contributed by atoms with Crippen LogP contribution in [0.2, 0.25) is 0 Å². The van der Waals surface area contributed by atoms with Gasteiger partial charge in [-0.15, -0.1) is 0 Å². The number of allylic oxidation sites excluding steroid dienone is 14. The first-order valence-corrected chi connectivity index (χ1v) is 30.1. The van der Waals surface area contributed by atoms with Gasteiger partial charge in [0.05, 0.1) is 0 Å². The molecule has 0 heterocycles. The molecule has 0 aromatic heterocycles. The monoisotopic (exact) mass is 989 g/mol. The van der Waals surface area contributed by atoms with Crippen molar-refractivity contribution in [1.29, 1.82) is 0 Å². The van der Waals surface area contributed by atoms with Crippen molar-refractivity contribution in [3.63, 3.8) is 0 Å². The van der Waals surface area contributed by atoms with Crippen LogP contribution in [0.15, 0.2) is 85.1 Å². The summed E-state index contributed by atoms with van der Waals surface area (Å²) in [6.45, 7) is 6.55. The Morgan fingerprint density at radius 3 is 0.873 bits per heavy atom. The van der Waals surface area contributed by atoms with Crippen molar-refractivity contribution in [2.24, 2.45) is 0 Å². The van der Waals surface area contributed by atoms with Crippen molar-refractivity contribution in [2.45, 2.75) is 297 Å². The second-order valence-electron chi connectivity index (χ2n) is 19.9. The van der Waals surface area contributed by atoms with E-state index in [2.05, 4.69) is 106 Å². The van der Waals surface area contributed by atoms with E-state index in [1.54, 1.807) is 0 Å². The van der Waals surface area contributed by atoms with Gasteiger partial charge in [0.15, 0.2) is 6.10 Å². The van der Waals surface area contributed by atoms with Gasteiger partial charge >= 0.3 is 17.9 Å². The van der Waals surface area contributed by atoms with Crippen molar-refractivity contribution < 1.29 is 28.6 Å². The first-order valence-electron chi connectivity index (χ1n) is 30.1. The van der Waals surface area contributed by atoms with Gasteiger partial charge in [0.1, 0.15) is 13.2 Å². The third kappa shape index (κ3) is 57.4. The van der Waals surface area contributed by atoms with Crippen LogP contribution in [-0.4, -0.2) is 37.2 Å². The molecule has 0 aromatic rings. The number of rotatable bonds is 54. The summed E-state index contributed by atoms with van der Waals surface area (Å²) < 4.78 is 16.8. The molecule has 1 atom stereocenters. The number of esters is 3. The second-order valence-corrected chi connectivity index (χ2v) is 19.9. The van der Waals surface area contributed by atoms with Crippen LogP contribution >= 0.6 is 0 Å². The van der Waals surface area contributed by atoms with Crippen LogP contribution in [0.3, 0.4) is 0 Å². The molecular weight excluding hydrogens is 877 g/mol. The van der Waals surface area contributed by atoms with Gasteiger partial charge in [-0.2, -0.15) is 0 Å². The van der Waals surface area contributed by atoms with Gasteiger partial charge in [0, 0.05) is 19.3 Å². The summed E-state index contributed by atoms with van der Waals surface area (Å²) in [6, 6.07) is 0. The molecule has 408 valence electrons. The van der Waals surface area contributed by atoms with E-state index < -0.39 is 6.10 Å². The van der Waals surface area contributed by atoms with Crippen LogP contribution in [0.25, 0.3) is 0 Å². The predicted octanol–water partition coefficient (Wildman–Crippen LogP) is 20.3. The second kappa shape index (κ2) is 59.2. The largest absolute Gasteiger partial charge is 0.462 e. The van der Waals surface area contributed by atoms with Gasteiger partial charge in [0.25, 0.3) is 0 Å². The van der Waals surface area contributed by atoms with Crippen LogP contribution in [-0.2, 0) is 28.6 Å². The van der Waals surface area contributed by atoms with Gasteiger partial charge in [-0.1, -0.05) is 241 Å². The Morgan fingerprint density at radius 2 is 0.521 bits per heavy atom. The first kappa shape index (κ1) is 67.6. The third-order valence-corrected chi connectivity index (χ3v) is 12.8. The van der Waals surface area contributed by atoms with Crippen LogP contribution in [0.1, 0.15) is 290 Å². The number of hydrogen-bond acceptors (Lipinski definition) is 6. The zero-order valence-corrected chi connectivity index (χ0v) is 46.7. The van der Waals surface area contributed by atoms with Gasteiger partial charge in [0.2, 0.25) is 0 Å². The summed E-state index contributed by atoms with van der Waals surface area (Å²) >= 11 is 0. The van der Waals surface area contributed by atoms with Gasteiger partial charge in [-0.25, -0.2) is 0 Å². The molecule has 0 amide bonds. The fourth-order valence-electron chi connectivity index (χ4n) is 8.28. The van der Waals surface area contributed by atoms with E-state index >= 15 is 0 Å². The molecule has 0 fully saturated rings. The van der Waals surface area contributed by atoms with E-state index in [1.165, 1.54) is 173 Å². The molecule has 0 N–H and O–H groups in total. The quantitative estimate of drug-likeness (QED) is 0.0261. The predicted molar refractivity (Wildman–Crippen MR) is 307 cm³/mol. The van der Waals surface area contributed by atoms with Crippen LogP contribution in [0, 0.1) is 0 Å². The Balaban J connectivity index is 4.46. The van der Waals surface area contributed by atoms with E-state index in [-0.39, 0.29) is 37.5 Å². The fraction of sp³-hybridized carbons (Fsp3) is 0.738. The Labute approximate surface area is 439 Å². The van der Waals surface area contributed by atoms with Crippen molar-refractivity contribution in [3.8, 4) is 0 Å². The van der Waals surface area contributed by atoms with Crippen molar-refractivity contribution >= 4 is 17.9 Å². The number of unbranched alkanes of at least 4 members (excludes halogenated alkanes) is 29. The molecule has 0 aliphatic carbocycles. The highest BCUT2D eigenvalue weighted by atomic mass is 16.6. The lowest BCUT2D eigenvalue weighted by Gasteiger charge is -2.18. The summed E-state index contributed by atoms with van der Waals surface area (Å²) in [5.74, 6) is -0.958. The Hall–Kier alpha value is -3.41. The summed E-state index contributed by atoms with van der Waals surface area (Å²) in [5, 5.41) is 0. The number of carbonyl (C=O) groups excluding carboxylic acids is 3. The average Bonchev–Trinajstić information content (AvgIpc) is 3.37. The molecule has 0 spiro atoms. The SMILES string of the molecule is CCCCC/C=C\C/C=C\C/C=C\C/C=C\CCCC(=O)O[C@@H](COC(=O)CCCCCCCCC/C=C\CCCCCCCC)COC(=O)CCCCCCCCCCC/C=C\C/C=C\CCCCC. The van der Waals surface area contributed by atoms with E-state index in [1.807, 2.05) is 0 Å². The van der Waals surface area contributed by atoms with E-state index in [4.69, 9.17) is 14.2 Å². The minimum atomic E-state index is -0.810. The van der Waals surface area contributed by atoms with E-state index in [0.29, 0.717) is 19.3 Å². The lowest BCUT2D eigenvalue weighted by atomic mass is 10.1. The molecule has 0 unspecified atom stereocenters. The highest BCUT2D eigenvalue weighted by molar-refractivity contribution is 5.71. The van der Waals surface area contributed by atoms with E-state index in [0.717, 1.165) is 70.6 Å². The summed E-state index contributed by atoms with van der Waals surface area (Å²) in [4.78, 5) is 38.2. The molecule has 0 aliphatic rings. The molecule has 0 saturated heterocycles. The lowest BCUT2D eigenvalue weighted by molar-refractivity contribution is -0.167. The molecule has 71 heavy (non-hydrogen) atoms. The van der Waals surface area contributed by atoms with Crippen molar-refractivity contribution in [1.82, 2.24) is 0 Å². The molecule has 6 nitrogen and oxygen atoms in total. The van der Waals surface area contributed by atoms with Gasteiger partial charge < -0.3 is 14.2 Å². The van der Waals surface area contributed by atoms with Gasteiger partial charge in [-0.05, 0) is 116 Å². The normalized spacial score (nSPS) is 12.7. The fourth-order valence-corrected chi connectivity index (χ4v) is 8.28. The number of hydrogen-bond donors (Lipinski definition) is 0. The zero-order valence-electron chi connectivity index (χ0n) is 46.7. The molecule has 0 aliphatic heterocycles. The standard InChI is InChI=1S/C65H112O6/c1-4-7-10-13-16-19-22-25-28-31-32-35-37-40-43-46-49-52-55-58-64(67)70-61-62(71-65(68)59-56-53-50-47-44-41-38-34-30-27-24-21-18-15-12-9-6-3)60-69-63(66)57-54-51-48-45-42-39-36-33-29-26-23-20-17-14-11-8-5-2/h16,18-19,21,25-30,38,41,47,50,62H,4-15,17,20,22-24,31-37,39-40,42-46,48-49,51-61H2,1-3H3/b19-16-,21-18-,28-25-,29-26-,30-27-,41-38-,50-47-/t62-/m0/s1. The minimum absolute atomic E-state index is 0.101. The maximum atomic E-state index is 12.9. The maximum Gasteiger partial charge on any atom is 0.306 e. The van der Waals surface area contributed by atoms with Crippen LogP contribution in [0.4, 0.5) is 0 Å². The number of ether oxygens (including phenoxy) is 3. The lowest BCUT2D eigenvalue weighted by Crippen LogP contribution is -2.30. The topological polar surface area (TPSA) is 78.9 Å². The van der Waals surface area contributed by atoms with Gasteiger partial charge in [-0.3, -0.25) is 14.4 Å². The highest BCUT2D eigenvalue weighted by Crippen LogP contribution is 2.15. The zero-order chi connectivity index (χ0) is 51.4. The van der Waals surface area contributed by atoms with Crippen molar-refractivity contribution in [2.75, 3.05) is 13.2 Å². The summed E-state index contributed by atoms with van der Waals surface area (Å²) in [7, 11) is 0. The Morgan fingerprint density at radius 1 is 0.282 bits per heavy atom. The third-order valence-electron chi connectivity index (χ3n) is 12.8. The summed E-state index contributed by atoms with van der Waals surface area (Å²) in [6.07, 6.45) is 77.2. The Bertz CT molecular complexity index is 1370. The smallest absolute Gasteiger partial charge is 0.306 e. The molecule has 0 radical (unpaired) electrons. The van der Waals surface area contributed by atoms with E-state index in [9.17, 15) is 14.4 Å². The van der Waals surface area contributed by atoms with Crippen LogP contribution in [0.5, 0.6) is 0 Å². The molecule has 0 saturated carbocycles. The molecule has 6 heteroatoms. The first-order chi connectivity index (χ1) is 35.0. The minimum Gasteiger partial charge on any atom is -0.462 e. The number of carbonyl (C=O) groups is 3. The van der Waals surface area contributed by atoms with Crippen molar-refractivity contribution in [3.05, 3.63) is 85.1 Å². The molecule has 0 aromatic carbocycles. The van der Waals surface area contributed by atoms with Crippen LogP contribution < -0.4 is 0 Å².